The first-order chi connectivity index (χ1) is 8.93. The third-order valence-corrected chi connectivity index (χ3v) is 2.70. The number of amides is 2. The lowest BCUT2D eigenvalue weighted by atomic mass is 10.0. The summed E-state index contributed by atoms with van der Waals surface area (Å²) in [6, 6.07) is 5.87. The average molecular weight is 264 g/mol. The molecule has 19 heavy (non-hydrogen) atoms. The van der Waals surface area contributed by atoms with E-state index in [1.165, 1.54) is 0 Å². The molecule has 4 nitrogen and oxygen atoms in total. The second-order valence-electron chi connectivity index (χ2n) is 4.97. The number of nitrogens with one attached hydrogen (secondary N) is 2. The van der Waals surface area contributed by atoms with Gasteiger partial charge in [-0.3, -0.25) is 0 Å². The Morgan fingerprint density at radius 3 is 2.53 bits per heavy atom. The Balaban J connectivity index is 2.82. The van der Waals surface area contributed by atoms with Gasteiger partial charge in [0.2, 0.25) is 0 Å². The standard InChI is InChI=1S/C15H24N2O2/c1-6-19-14-8-7-11(4)9-13(14)12(5)17-15(18)16-10(2)3/h7-10,12H,6H2,1-5H3,(H2,16,17,18). The van der Waals surface area contributed by atoms with Gasteiger partial charge in [0.1, 0.15) is 5.75 Å². The monoisotopic (exact) mass is 264 g/mol. The number of benzene rings is 1. The number of ether oxygens (including phenoxy) is 1. The minimum Gasteiger partial charge on any atom is -0.494 e. The Morgan fingerprint density at radius 1 is 1.26 bits per heavy atom. The van der Waals surface area contributed by atoms with Crippen LogP contribution in [0.25, 0.3) is 0 Å². The molecule has 0 saturated carbocycles. The molecule has 1 aromatic rings. The van der Waals surface area contributed by atoms with Crippen LogP contribution < -0.4 is 15.4 Å². The normalized spacial score (nSPS) is 12.1. The molecule has 0 radical (unpaired) electrons. The van der Waals surface area contributed by atoms with E-state index >= 15 is 0 Å². The van der Waals surface area contributed by atoms with Crippen LogP contribution in [0.4, 0.5) is 4.79 Å². The highest BCUT2D eigenvalue weighted by Gasteiger charge is 2.14. The van der Waals surface area contributed by atoms with Gasteiger partial charge in [0, 0.05) is 11.6 Å². The van der Waals surface area contributed by atoms with Gasteiger partial charge >= 0.3 is 6.03 Å². The van der Waals surface area contributed by atoms with E-state index in [2.05, 4.69) is 10.6 Å². The van der Waals surface area contributed by atoms with Gasteiger partial charge in [-0.25, -0.2) is 4.79 Å². The first-order valence-corrected chi connectivity index (χ1v) is 6.74. The zero-order chi connectivity index (χ0) is 14.4. The quantitative estimate of drug-likeness (QED) is 0.858. The van der Waals surface area contributed by atoms with Gasteiger partial charge in [-0.1, -0.05) is 17.7 Å². The summed E-state index contributed by atoms with van der Waals surface area (Å²) in [6.07, 6.45) is 0. The van der Waals surface area contributed by atoms with Crippen molar-refractivity contribution in [2.45, 2.75) is 46.7 Å². The van der Waals surface area contributed by atoms with Crippen LogP contribution in [0.5, 0.6) is 5.75 Å². The molecule has 1 atom stereocenters. The average Bonchev–Trinajstić information content (AvgIpc) is 2.30. The van der Waals surface area contributed by atoms with Gasteiger partial charge in [-0.15, -0.1) is 0 Å². The summed E-state index contributed by atoms with van der Waals surface area (Å²) in [6.45, 7) is 10.4. The minimum atomic E-state index is -0.161. The van der Waals surface area contributed by atoms with E-state index in [4.69, 9.17) is 4.74 Å². The summed E-state index contributed by atoms with van der Waals surface area (Å²) < 4.78 is 5.60. The summed E-state index contributed by atoms with van der Waals surface area (Å²) in [7, 11) is 0. The molecule has 106 valence electrons. The highest BCUT2D eigenvalue weighted by Crippen LogP contribution is 2.26. The van der Waals surface area contributed by atoms with Crippen molar-refractivity contribution < 1.29 is 9.53 Å². The van der Waals surface area contributed by atoms with Crippen LogP contribution in [0.1, 0.15) is 44.9 Å². The molecule has 0 aliphatic heterocycles. The summed E-state index contributed by atoms with van der Waals surface area (Å²) in [5.74, 6) is 0.824. The van der Waals surface area contributed by atoms with Crippen LogP contribution in [0.2, 0.25) is 0 Å². The molecule has 2 amide bonds. The van der Waals surface area contributed by atoms with Crippen molar-refractivity contribution >= 4 is 6.03 Å². The number of urea groups is 1. The minimum absolute atomic E-state index is 0.0970. The molecule has 0 aromatic heterocycles. The zero-order valence-corrected chi connectivity index (χ0v) is 12.4. The van der Waals surface area contributed by atoms with Crippen molar-refractivity contribution in [2.24, 2.45) is 0 Å². The number of carbonyl (C=O) groups excluding carboxylic acids is 1. The molecular weight excluding hydrogens is 240 g/mol. The Labute approximate surface area is 115 Å². The topological polar surface area (TPSA) is 50.4 Å². The lowest BCUT2D eigenvalue weighted by molar-refractivity contribution is 0.235. The van der Waals surface area contributed by atoms with E-state index in [-0.39, 0.29) is 18.1 Å². The maximum Gasteiger partial charge on any atom is 0.315 e. The van der Waals surface area contributed by atoms with Crippen molar-refractivity contribution in [3.8, 4) is 5.75 Å². The molecule has 0 fully saturated rings. The van der Waals surface area contributed by atoms with Crippen LogP contribution in [0, 0.1) is 6.92 Å². The number of rotatable bonds is 5. The Kier molecular flexibility index (Phi) is 5.67. The number of hydrogen-bond acceptors (Lipinski definition) is 2. The predicted molar refractivity (Wildman–Crippen MR) is 77.6 cm³/mol. The van der Waals surface area contributed by atoms with Gasteiger partial charge < -0.3 is 15.4 Å². The van der Waals surface area contributed by atoms with Crippen molar-refractivity contribution in [2.75, 3.05) is 6.61 Å². The van der Waals surface area contributed by atoms with Crippen molar-refractivity contribution in [1.82, 2.24) is 10.6 Å². The predicted octanol–water partition coefficient (Wildman–Crippen LogP) is 3.16. The highest BCUT2D eigenvalue weighted by atomic mass is 16.5. The Morgan fingerprint density at radius 2 is 1.95 bits per heavy atom. The molecular formula is C15H24N2O2. The lowest BCUT2D eigenvalue weighted by Crippen LogP contribution is -2.40. The maximum atomic E-state index is 11.7. The summed E-state index contributed by atoms with van der Waals surface area (Å²) in [5, 5.41) is 5.74. The molecule has 4 heteroatoms. The molecule has 0 heterocycles. The SMILES string of the molecule is CCOc1ccc(C)cc1C(C)NC(=O)NC(C)C. The van der Waals surface area contributed by atoms with E-state index in [9.17, 15) is 4.79 Å². The smallest absolute Gasteiger partial charge is 0.315 e. The Hall–Kier alpha value is -1.71. The molecule has 1 rings (SSSR count). The Bertz CT molecular complexity index is 430. The fraction of sp³-hybridized carbons (Fsp3) is 0.533. The summed E-state index contributed by atoms with van der Waals surface area (Å²) in [4.78, 5) is 11.7. The number of carbonyl (C=O) groups is 1. The fourth-order valence-corrected chi connectivity index (χ4v) is 1.87. The van der Waals surface area contributed by atoms with Gasteiger partial charge in [0.25, 0.3) is 0 Å². The molecule has 0 saturated heterocycles. The third kappa shape index (κ3) is 4.81. The van der Waals surface area contributed by atoms with Crippen LogP contribution >= 0.6 is 0 Å². The molecule has 0 bridgehead atoms. The molecule has 0 aliphatic rings. The highest BCUT2D eigenvalue weighted by molar-refractivity contribution is 5.74. The first-order valence-electron chi connectivity index (χ1n) is 6.74. The summed E-state index contributed by atoms with van der Waals surface area (Å²) >= 11 is 0. The van der Waals surface area contributed by atoms with E-state index < -0.39 is 0 Å². The van der Waals surface area contributed by atoms with E-state index in [0.717, 1.165) is 16.9 Å². The largest absolute Gasteiger partial charge is 0.494 e. The van der Waals surface area contributed by atoms with E-state index in [1.807, 2.05) is 52.8 Å². The number of aryl methyl sites for hydroxylation is 1. The van der Waals surface area contributed by atoms with Gasteiger partial charge in [-0.2, -0.15) is 0 Å². The lowest BCUT2D eigenvalue weighted by Gasteiger charge is -2.19. The molecule has 1 unspecified atom stereocenters. The van der Waals surface area contributed by atoms with E-state index in [1.54, 1.807) is 0 Å². The molecule has 0 aliphatic carbocycles. The van der Waals surface area contributed by atoms with Crippen molar-refractivity contribution in [1.29, 1.82) is 0 Å². The second-order valence-corrected chi connectivity index (χ2v) is 4.97. The molecule has 1 aromatic carbocycles. The second kappa shape index (κ2) is 7.02. The fourth-order valence-electron chi connectivity index (χ4n) is 1.87. The molecule has 0 spiro atoms. The van der Waals surface area contributed by atoms with Gasteiger partial charge in [-0.05, 0) is 40.7 Å². The first kappa shape index (κ1) is 15.3. The van der Waals surface area contributed by atoms with Gasteiger partial charge in [0.05, 0.1) is 12.6 Å². The van der Waals surface area contributed by atoms with Crippen LogP contribution in [0.3, 0.4) is 0 Å². The van der Waals surface area contributed by atoms with Gasteiger partial charge in [0.15, 0.2) is 0 Å². The molecule has 2 N–H and O–H groups in total. The maximum absolute atomic E-state index is 11.7. The van der Waals surface area contributed by atoms with Crippen LogP contribution in [0.15, 0.2) is 18.2 Å². The number of hydrogen-bond donors (Lipinski definition) is 2. The third-order valence-electron chi connectivity index (χ3n) is 2.70. The van der Waals surface area contributed by atoms with Crippen LogP contribution in [-0.4, -0.2) is 18.7 Å². The van der Waals surface area contributed by atoms with E-state index in [0.29, 0.717) is 6.61 Å². The van der Waals surface area contributed by atoms with Crippen molar-refractivity contribution in [3.05, 3.63) is 29.3 Å². The summed E-state index contributed by atoms with van der Waals surface area (Å²) in [5.41, 5.74) is 2.15. The van der Waals surface area contributed by atoms with Crippen LogP contribution in [-0.2, 0) is 0 Å². The van der Waals surface area contributed by atoms with Crippen molar-refractivity contribution in [3.63, 3.8) is 0 Å². The zero-order valence-electron chi connectivity index (χ0n) is 12.4.